The standard InChI is InChI=1S/C33H41NO3/c1-7-15-33(30(36)20-37-6)16-14-29-27-17-21(2)26-18-24(35)12-13-25(26)31(27)28(19-32(29,33)3)22-8-10-23(11-9-22)34(4)5/h8-11,18,21,27-29H,12-14,16-17,19-20H2,1-6H3/t21?,27-,28+,29-,32-,33+/m0/s1. The summed E-state index contributed by atoms with van der Waals surface area (Å²) in [5.41, 5.74) is 5.84. The number of carbonyl (C=O) groups excluding carboxylic acids is 2. The predicted molar refractivity (Wildman–Crippen MR) is 148 cm³/mol. The first-order valence-corrected chi connectivity index (χ1v) is 13.9. The van der Waals surface area contributed by atoms with Gasteiger partial charge in [-0.15, -0.1) is 5.92 Å². The van der Waals surface area contributed by atoms with E-state index in [4.69, 9.17) is 4.74 Å². The van der Waals surface area contributed by atoms with Crippen LogP contribution >= 0.6 is 0 Å². The number of nitrogens with zero attached hydrogens (tertiary/aromatic N) is 1. The van der Waals surface area contributed by atoms with Crippen molar-refractivity contribution in [1.29, 1.82) is 0 Å². The Labute approximate surface area is 222 Å². The van der Waals surface area contributed by atoms with Crippen molar-refractivity contribution >= 4 is 17.3 Å². The van der Waals surface area contributed by atoms with Crippen LogP contribution in [0.5, 0.6) is 0 Å². The van der Waals surface area contributed by atoms with Crippen LogP contribution in [0.2, 0.25) is 0 Å². The van der Waals surface area contributed by atoms with Gasteiger partial charge in [-0.3, -0.25) is 9.59 Å². The fraction of sp³-hybridized carbons (Fsp3) is 0.576. The van der Waals surface area contributed by atoms with Gasteiger partial charge in [-0.25, -0.2) is 0 Å². The second-order valence-corrected chi connectivity index (χ2v) is 12.2. The summed E-state index contributed by atoms with van der Waals surface area (Å²) in [5, 5.41) is 0. The molecule has 0 spiro atoms. The van der Waals surface area contributed by atoms with Gasteiger partial charge in [-0.1, -0.05) is 37.5 Å². The third kappa shape index (κ3) is 3.93. The number of ether oxygens (including phenoxy) is 1. The maximum atomic E-state index is 13.8. The van der Waals surface area contributed by atoms with Gasteiger partial charge < -0.3 is 9.64 Å². The van der Waals surface area contributed by atoms with Gasteiger partial charge in [0.05, 0.1) is 5.41 Å². The molecule has 2 fully saturated rings. The largest absolute Gasteiger partial charge is 0.378 e. The Morgan fingerprint density at radius 1 is 1.19 bits per heavy atom. The van der Waals surface area contributed by atoms with Crippen LogP contribution in [0.1, 0.15) is 70.8 Å². The van der Waals surface area contributed by atoms with Crippen molar-refractivity contribution in [3.63, 3.8) is 0 Å². The van der Waals surface area contributed by atoms with E-state index >= 15 is 0 Å². The fourth-order valence-corrected chi connectivity index (χ4v) is 8.48. The summed E-state index contributed by atoms with van der Waals surface area (Å²) in [7, 11) is 5.75. The van der Waals surface area contributed by atoms with Gasteiger partial charge in [0.25, 0.3) is 0 Å². The number of allylic oxidation sites excluding steroid dienone is 4. The molecule has 4 aliphatic carbocycles. The van der Waals surface area contributed by atoms with E-state index in [2.05, 4.69) is 68.9 Å². The maximum absolute atomic E-state index is 13.8. The number of hydrogen-bond donors (Lipinski definition) is 0. The summed E-state index contributed by atoms with van der Waals surface area (Å²) in [4.78, 5) is 28.3. The van der Waals surface area contributed by atoms with Crippen LogP contribution in [-0.2, 0) is 14.3 Å². The number of methoxy groups -OCH3 is 1. The molecule has 0 bridgehead atoms. The molecule has 0 amide bonds. The first-order valence-electron chi connectivity index (χ1n) is 13.9. The van der Waals surface area contributed by atoms with Crippen molar-refractivity contribution in [2.24, 2.45) is 28.6 Å². The Kier molecular flexibility index (Phi) is 6.73. The first-order chi connectivity index (χ1) is 17.7. The highest BCUT2D eigenvalue weighted by atomic mass is 16.5. The number of fused-ring (bicyclic) bond motifs is 4. The van der Waals surface area contributed by atoms with E-state index in [1.807, 2.05) is 13.0 Å². The molecule has 6 atom stereocenters. The fourth-order valence-electron chi connectivity index (χ4n) is 8.48. The molecule has 0 heterocycles. The molecule has 2 saturated carbocycles. The van der Waals surface area contributed by atoms with Crippen LogP contribution in [0.25, 0.3) is 0 Å². The number of Topliss-reactive ketones (excluding diaryl/α,β-unsaturated/α-hetero) is 1. The first kappa shape index (κ1) is 26.0. The van der Waals surface area contributed by atoms with Crippen LogP contribution in [0.3, 0.4) is 0 Å². The third-order valence-electron chi connectivity index (χ3n) is 10.2. The van der Waals surface area contributed by atoms with Gasteiger partial charge >= 0.3 is 0 Å². The van der Waals surface area contributed by atoms with Gasteiger partial charge in [-0.05, 0) is 97.1 Å². The molecule has 0 aromatic heterocycles. The zero-order chi connectivity index (χ0) is 26.5. The lowest BCUT2D eigenvalue weighted by Crippen LogP contribution is -2.51. The zero-order valence-electron chi connectivity index (χ0n) is 23.3. The molecule has 4 aliphatic rings. The predicted octanol–water partition coefficient (Wildman–Crippen LogP) is 6.12. The summed E-state index contributed by atoms with van der Waals surface area (Å²) in [6.45, 7) is 6.62. The molecule has 1 aromatic rings. The van der Waals surface area contributed by atoms with E-state index in [1.165, 1.54) is 22.4 Å². The second-order valence-electron chi connectivity index (χ2n) is 12.2. The summed E-state index contributed by atoms with van der Waals surface area (Å²) < 4.78 is 5.39. The molecule has 0 saturated heterocycles. The second kappa shape index (κ2) is 9.59. The number of rotatable bonds is 5. The molecule has 37 heavy (non-hydrogen) atoms. The number of ketones is 2. The summed E-state index contributed by atoms with van der Waals surface area (Å²) in [6, 6.07) is 8.98. The van der Waals surface area contributed by atoms with E-state index in [-0.39, 0.29) is 29.5 Å². The van der Waals surface area contributed by atoms with Crippen LogP contribution in [0, 0.1) is 40.4 Å². The molecule has 1 unspecified atom stereocenters. The number of hydrogen-bond acceptors (Lipinski definition) is 4. The number of carbonyl (C=O) groups is 2. The van der Waals surface area contributed by atoms with Crippen LogP contribution in [0.15, 0.2) is 47.1 Å². The molecule has 0 radical (unpaired) electrons. The highest BCUT2D eigenvalue weighted by molar-refractivity contribution is 5.93. The quantitative estimate of drug-likeness (QED) is 0.458. The van der Waals surface area contributed by atoms with Crippen LogP contribution < -0.4 is 4.90 Å². The molecule has 0 N–H and O–H groups in total. The molecule has 5 rings (SSSR count). The smallest absolute Gasteiger partial charge is 0.176 e. The SMILES string of the molecule is CC#C[C@]1(C(=O)COC)CC[C@H]2[C@@H]3CC(C)C4=CC(=O)CCC4=C3[C@@H](c3ccc(N(C)C)cc3)C[C@@]21C. The van der Waals surface area contributed by atoms with Gasteiger partial charge in [-0.2, -0.15) is 0 Å². The highest BCUT2D eigenvalue weighted by Gasteiger charge is 2.65. The molecular weight excluding hydrogens is 458 g/mol. The Morgan fingerprint density at radius 2 is 1.92 bits per heavy atom. The minimum Gasteiger partial charge on any atom is -0.378 e. The Morgan fingerprint density at radius 3 is 2.57 bits per heavy atom. The van der Waals surface area contributed by atoms with Crippen LogP contribution in [0.4, 0.5) is 5.69 Å². The summed E-state index contributed by atoms with van der Waals surface area (Å²) >= 11 is 0. The van der Waals surface area contributed by atoms with Gasteiger partial charge in [0.2, 0.25) is 0 Å². The van der Waals surface area contributed by atoms with E-state index < -0.39 is 5.41 Å². The van der Waals surface area contributed by atoms with E-state index in [9.17, 15) is 9.59 Å². The highest BCUT2D eigenvalue weighted by Crippen LogP contribution is 2.70. The van der Waals surface area contributed by atoms with E-state index in [0.717, 1.165) is 32.1 Å². The van der Waals surface area contributed by atoms with Gasteiger partial charge in [0, 0.05) is 39.2 Å². The lowest BCUT2D eigenvalue weighted by atomic mass is 9.47. The number of benzene rings is 1. The monoisotopic (exact) mass is 499 g/mol. The van der Waals surface area contributed by atoms with Gasteiger partial charge in [0.15, 0.2) is 11.6 Å². The van der Waals surface area contributed by atoms with Crippen molar-refractivity contribution in [3.8, 4) is 11.8 Å². The average Bonchev–Trinajstić information content (AvgIpc) is 3.17. The average molecular weight is 500 g/mol. The minimum atomic E-state index is -0.678. The molecular formula is C33H41NO3. The van der Waals surface area contributed by atoms with Crippen molar-refractivity contribution in [2.45, 2.75) is 65.2 Å². The Balaban J connectivity index is 1.71. The normalized spacial score (nSPS) is 34.5. The van der Waals surface area contributed by atoms with Crippen LogP contribution in [-0.4, -0.2) is 39.4 Å². The molecule has 1 aromatic carbocycles. The van der Waals surface area contributed by atoms with E-state index in [0.29, 0.717) is 24.2 Å². The summed E-state index contributed by atoms with van der Waals surface area (Å²) in [6.07, 6.45) is 7.15. The maximum Gasteiger partial charge on any atom is 0.176 e. The van der Waals surface area contributed by atoms with Crippen molar-refractivity contribution in [3.05, 3.63) is 52.6 Å². The van der Waals surface area contributed by atoms with Gasteiger partial charge in [0.1, 0.15) is 6.61 Å². The van der Waals surface area contributed by atoms with Crippen molar-refractivity contribution in [2.75, 3.05) is 32.7 Å². The molecule has 4 heteroatoms. The topological polar surface area (TPSA) is 46.6 Å². The molecule has 4 nitrogen and oxygen atoms in total. The zero-order valence-corrected chi connectivity index (χ0v) is 23.3. The number of anilines is 1. The third-order valence-corrected chi connectivity index (χ3v) is 10.2. The van der Waals surface area contributed by atoms with E-state index in [1.54, 1.807) is 12.7 Å². The lowest BCUT2D eigenvalue weighted by Gasteiger charge is -2.55. The van der Waals surface area contributed by atoms with Crippen molar-refractivity contribution in [1.82, 2.24) is 0 Å². The minimum absolute atomic E-state index is 0.114. The molecule has 196 valence electrons. The summed E-state index contributed by atoms with van der Waals surface area (Å²) in [5.74, 6) is 8.43. The lowest BCUT2D eigenvalue weighted by molar-refractivity contribution is -0.136. The van der Waals surface area contributed by atoms with Crippen molar-refractivity contribution < 1.29 is 14.3 Å². The molecule has 0 aliphatic heterocycles. The Hall–Kier alpha value is -2.64. The Bertz CT molecular complexity index is 1230.